The van der Waals surface area contributed by atoms with Crippen LogP contribution in [0.15, 0.2) is 11.6 Å². The van der Waals surface area contributed by atoms with E-state index in [1.807, 2.05) is 0 Å². The number of ketones is 2. The smallest absolute Gasteiger partial charge is 0.202 e. The van der Waals surface area contributed by atoms with Gasteiger partial charge in [0.1, 0.15) is 0 Å². The van der Waals surface area contributed by atoms with Crippen LogP contribution in [0.3, 0.4) is 0 Å². The Hall–Kier alpha value is -1.25. The Kier molecular flexibility index (Phi) is 1.49. The molecule has 0 saturated heterocycles. The van der Waals surface area contributed by atoms with Gasteiger partial charge >= 0.3 is 0 Å². The summed E-state index contributed by atoms with van der Waals surface area (Å²) in [6, 6.07) is 0. The van der Waals surface area contributed by atoms with Crippen molar-refractivity contribution in [2.24, 2.45) is 0 Å². The average Bonchev–Trinajstić information content (AvgIpc) is 1.82. The molecule has 3 nitrogen and oxygen atoms in total. The summed E-state index contributed by atoms with van der Waals surface area (Å²) >= 11 is 0. The van der Waals surface area contributed by atoms with E-state index in [4.69, 9.17) is 5.41 Å². The van der Waals surface area contributed by atoms with Gasteiger partial charge in [-0.2, -0.15) is 0 Å². The van der Waals surface area contributed by atoms with Gasteiger partial charge in [-0.05, 0) is 13.0 Å². The van der Waals surface area contributed by atoms with Gasteiger partial charge in [-0.15, -0.1) is 0 Å². The normalized spacial score (nSPS) is 19.3. The van der Waals surface area contributed by atoms with Crippen LogP contribution in [-0.4, -0.2) is 17.3 Å². The van der Waals surface area contributed by atoms with Crippen molar-refractivity contribution < 1.29 is 9.59 Å². The van der Waals surface area contributed by atoms with Gasteiger partial charge in [0.15, 0.2) is 5.78 Å². The number of Topliss-reactive ketones (excluding diaryl/α,β-unsaturated/α-hetero) is 1. The first-order valence-electron chi connectivity index (χ1n) is 2.94. The lowest BCUT2D eigenvalue weighted by atomic mass is 9.97. The molecule has 3 heteroatoms. The highest BCUT2D eigenvalue weighted by Gasteiger charge is 2.19. The summed E-state index contributed by atoms with van der Waals surface area (Å²) in [5, 5.41) is 7.04. The number of hydrogen-bond acceptors (Lipinski definition) is 3. The number of hydrogen-bond donors (Lipinski definition) is 1. The number of nitrogens with one attached hydrogen (secondary N) is 1. The second kappa shape index (κ2) is 2.17. The summed E-state index contributed by atoms with van der Waals surface area (Å²) in [6.45, 7) is 1.55. The van der Waals surface area contributed by atoms with E-state index < -0.39 is 0 Å². The van der Waals surface area contributed by atoms with Crippen LogP contribution in [0.2, 0.25) is 0 Å². The minimum Gasteiger partial charge on any atom is -0.301 e. The van der Waals surface area contributed by atoms with Gasteiger partial charge in [0.25, 0.3) is 0 Å². The van der Waals surface area contributed by atoms with Crippen LogP contribution in [0.1, 0.15) is 13.3 Å². The minimum atomic E-state index is -0.306. The molecule has 0 unspecified atom stereocenters. The second-order valence-corrected chi connectivity index (χ2v) is 2.28. The Bertz CT molecular complexity index is 250. The molecule has 0 amide bonds. The number of carbonyl (C=O) groups excluding carboxylic acids is 2. The molecule has 1 aliphatic rings. The van der Waals surface area contributed by atoms with Crippen molar-refractivity contribution in [2.75, 3.05) is 0 Å². The third-order valence-corrected chi connectivity index (χ3v) is 1.36. The van der Waals surface area contributed by atoms with Crippen molar-refractivity contribution in [3.63, 3.8) is 0 Å². The minimum absolute atomic E-state index is 0.0316. The molecule has 1 aliphatic carbocycles. The van der Waals surface area contributed by atoms with Gasteiger partial charge in [-0.3, -0.25) is 9.59 Å². The molecule has 0 radical (unpaired) electrons. The molecule has 0 heterocycles. The summed E-state index contributed by atoms with van der Waals surface area (Å²) in [4.78, 5) is 21.5. The maximum absolute atomic E-state index is 10.8. The Morgan fingerprint density at radius 2 is 2.10 bits per heavy atom. The SMILES string of the molecule is CC1=CC(=O)CC(=N)C1=O. The summed E-state index contributed by atoms with van der Waals surface area (Å²) < 4.78 is 0. The molecule has 0 bridgehead atoms. The molecule has 0 aromatic carbocycles. The Morgan fingerprint density at radius 1 is 1.50 bits per heavy atom. The van der Waals surface area contributed by atoms with Crippen molar-refractivity contribution in [1.29, 1.82) is 5.41 Å². The summed E-state index contributed by atoms with van der Waals surface area (Å²) in [5.41, 5.74) is 0.284. The van der Waals surface area contributed by atoms with Crippen molar-refractivity contribution in [3.8, 4) is 0 Å². The van der Waals surface area contributed by atoms with Crippen LogP contribution >= 0.6 is 0 Å². The van der Waals surface area contributed by atoms with Crippen molar-refractivity contribution in [2.45, 2.75) is 13.3 Å². The molecule has 1 N–H and O–H groups in total. The maximum Gasteiger partial charge on any atom is 0.202 e. The molecular formula is C7H7NO2. The average molecular weight is 137 g/mol. The maximum atomic E-state index is 10.8. The fourth-order valence-corrected chi connectivity index (χ4v) is 0.851. The van der Waals surface area contributed by atoms with Crippen LogP contribution in [0, 0.1) is 5.41 Å². The third kappa shape index (κ3) is 1.03. The van der Waals surface area contributed by atoms with Crippen LogP contribution in [0.4, 0.5) is 0 Å². The Labute approximate surface area is 58.2 Å². The first-order valence-corrected chi connectivity index (χ1v) is 2.94. The van der Waals surface area contributed by atoms with Crippen LogP contribution < -0.4 is 0 Å². The van der Waals surface area contributed by atoms with Gasteiger partial charge in [-0.25, -0.2) is 0 Å². The lowest BCUT2D eigenvalue weighted by Gasteiger charge is -2.06. The van der Waals surface area contributed by atoms with E-state index in [-0.39, 0.29) is 23.7 Å². The highest BCUT2D eigenvalue weighted by atomic mass is 16.1. The van der Waals surface area contributed by atoms with Gasteiger partial charge in [0, 0.05) is 5.57 Å². The summed E-state index contributed by atoms with van der Waals surface area (Å²) in [5.74, 6) is -0.457. The fourth-order valence-electron chi connectivity index (χ4n) is 0.851. The summed E-state index contributed by atoms with van der Waals surface area (Å²) in [7, 11) is 0. The van der Waals surface area contributed by atoms with E-state index in [9.17, 15) is 9.59 Å². The standard InChI is InChI=1S/C7H7NO2/c1-4-2-5(9)3-6(8)7(4)10/h2,8H,3H2,1H3. The number of allylic oxidation sites excluding steroid dienone is 2. The molecule has 0 fully saturated rings. The molecule has 0 aromatic heterocycles. The van der Waals surface area contributed by atoms with Gasteiger partial charge in [-0.1, -0.05) is 0 Å². The monoisotopic (exact) mass is 137 g/mol. The van der Waals surface area contributed by atoms with Gasteiger partial charge in [0.05, 0.1) is 12.1 Å². The van der Waals surface area contributed by atoms with Gasteiger partial charge < -0.3 is 5.41 Å². The van der Waals surface area contributed by atoms with E-state index in [2.05, 4.69) is 0 Å². The fraction of sp³-hybridized carbons (Fsp3) is 0.286. The second-order valence-electron chi connectivity index (χ2n) is 2.28. The zero-order valence-corrected chi connectivity index (χ0v) is 5.60. The molecule has 0 atom stereocenters. The molecule has 0 spiro atoms. The lowest BCUT2D eigenvalue weighted by molar-refractivity contribution is -0.116. The Balaban J connectivity index is 3.03. The first-order chi connectivity index (χ1) is 4.61. The molecule has 52 valence electrons. The Morgan fingerprint density at radius 3 is 2.60 bits per heavy atom. The molecule has 0 saturated carbocycles. The van der Waals surface area contributed by atoms with E-state index in [1.165, 1.54) is 6.08 Å². The quantitative estimate of drug-likeness (QED) is 0.528. The van der Waals surface area contributed by atoms with Crippen molar-refractivity contribution in [1.82, 2.24) is 0 Å². The van der Waals surface area contributed by atoms with Gasteiger partial charge in [0.2, 0.25) is 5.78 Å². The molecular weight excluding hydrogens is 130 g/mol. The highest BCUT2D eigenvalue weighted by molar-refractivity contribution is 6.50. The molecule has 1 rings (SSSR count). The predicted molar refractivity (Wildman–Crippen MR) is 36.1 cm³/mol. The molecule has 10 heavy (non-hydrogen) atoms. The van der Waals surface area contributed by atoms with E-state index in [1.54, 1.807) is 6.92 Å². The lowest BCUT2D eigenvalue weighted by Crippen LogP contribution is -2.22. The summed E-state index contributed by atoms with van der Waals surface area (Å²) in [6.07, 6.45) is 1.26. The zero-order valence-electron chi connectivity index (χ0n) is 5.60. The van der Waals surface area contributed by atoms with Crippen LogP contribution in [-0.2, 0) is 9.59 Å². The van der Waals surface area contributed by atoms with E-state index in [0.29, 0.717) is 5.57 Å². The van der Waals surface area contributed by atoms with Crippen LogP contribution in [0.5, 0.6) is 0 Å². The van der Waals surface area contributed by atoms with Crippen molar-refractivity contribution in [3.05, 3.63) is 11.6 Å². The molecule has 0 aliphatic heterocycles. The largest absolute Gasteiger partial charge is 0.301 e. The highest BCUT2D eigenvalue weighted by Crippen LogP contribution is 2.06. The number of carbonyl (C=O) groups is 2. The topological polar surface area (TPSA) is 58.0 Å². The molecule has 0 aromatic rings. The first kappa shape index (κ1) is 6.86. The van der Waals surface area contributed by atoms with Crippen LogP contribution in [0.25, 0.3) is 0 Å². The number of rotatable bonds is 0. The third-order valence-electron chi connectivity index (χ3n) is 1.36. The van der Waals surface area contributed by atoms with E-state index >= 15 is 0 Å². The predicted octanol–water partition coefficient (Wildman–Crippen LogP) is 0.494. The van der Waals surface area contributed by atoms with Crippen molar-refractivity contribution >= 4 is 17.3 Å². The van der Waals surface area contributed by atoms with E-state index in [0.717, 1.165) is 0 Å². The zero-order chi connectivity index (χ0) is 7.72.